The molecule has 0 spiro atoms. The van der Waals surface area contributed by atoms with E-state index in [-0.39, 0.29) is 19.0 Å². The molecule has 0 bridgehead atoms. The molecule has 0 aromatic heterocycles. The summed E-state index contributed by atoms with van der Waals surface area (Å²) in [4.78, 5) is 0. The van der Waals surface area contributed by atoms with Gasteiger partial charge in [-0.1, -0.05) is 0 Å². The highest BCUT2D eigenvalue weighted by atomic mass is 19.2. The topological polar surface area (TPSA) is 27.7 Å². The molecular weight excluding hydrogens is 254 g/mol. The van der Waals surface area contributed by atoms with Gasteiger partial charge in [0, 0.05) is 12.7 Å². The Morgan fingerprint density at radius 2 is 2.16 bits per heavy atom. The van der Waals surface area contributed by atoms with Crippen LogP contribution in [0.3, 0.4) is 0 Å². The van der Waals surface area contributed by atoms with Gasteiger partial charge in [-0.05, 0) is 38.3 Å². The molecule has 2 rings (SSSR count). The first-order valence-electron chi connectivity index (χ1n) is 6.50. The second kappa shape index (κ2) is 6.82. The van der Waals surface area contributed by atoms with Gasteiger partial charge in [-0.3, -0.25) is 0 Å². The summed E-state index contributed by atoms with van der Waals surface area (Å²) in [6, 6.07) is 3.46. The monoisotopic (exact) mass is 272 g/mol. The first kappa shape index (κ1) is 14.2. The van der Waals surface area contributed by atoms with Crippen LogP contribution in [0.5, 0.6) is 5.75 Å². The molecule has 2 atom stereocenters. The summed E-state index contributed by atoms with van der Waals surface area (Å²) < 4.78 is 42.2. The fraction of sp³-hybridized carbons (Fsp3) is 0.571. The van der Waals surface area contributed by atoms with E-state index in [2.05, 4.69) is 0 Å². The third kappa shape index (κ3) is 4.44. The van der Waals surface area contributed by atoms with Crippen LogP contribution < -0.4 is 4.74 Å². The van der Waals surface area contributed by atoms with Crippen molar-refractivity contribution < 1.29 is 23.0 Å². The Morgan fingerprint density at radius 3 is 2.84 bits per heavy atom. The van der Waals surface area contributed by atoms with Crippen molar-refractivity contribution >= 4 is 0 Å². The fourth-order valence-corrected chi connectivity index (χ4v) is 1.90. The van der Waals surface area contributed by atoms with Gasteiger partial charge in [0.2, 0.25) is 0 Å². The van der Waals surface area contributed by atoms with E-state index in [4.69, 9.17) is 14.2 Å². The van der Waals surface area contributed by atoms with Crippen molar-refractivity contribution in [1.29, 1.82) is 0 Å². The number of halogens is 2. The summed E-state index contributed by atoms with van der Waals surface area (Å²) in [7, 11) is 0. The van der Waals surface area contributed by atoms with E-state index >= 15 is 0 Å². The molecular formula is C14H18F2O3. The molecule has 1 heterocycles. The highest BCUT2D eigenvalue weighted by Gasteiger charge is 2.17. The van der Waals surface area contributed by atoms with Gasteiger partial charge in [-0.15, -0.1) is 0 Å². The van der Waals surface area contributed by atoms with E-state index in [1.807, 2.05) is 6.92 Å². The molecule has 19 heavy (non-hydrogen) atoms. The molecule has 0 aliphatic carbocycles. The minimum atomic E-state index is -0.915. The van der Waals surface area contributed by atoms with Crippen LogP contribution in [0, 0.1) is 11.6 Å². The van der Waals surface area contributed by atoms with Gasteiger partial charge >= 0.3 is 0 Å². The molecule has 1 aliphatic rings. The van der Waals surface area contributed by atoms with Gasteiger partial charge in [-0.2, -0.15) is 0 Å². The fourth-order valence-electron chi connectivity index (χ4n) is 1.90. The highest BCUT2D eigenvalue weighted by Crippen LogP contribution is 2.18. The van der Waals surface area contributed by atoms with Crippen LogP contribution in [0.1, 0.15) is 26.2 Å². The van der Waals surface area contributed by atoms with Gasteiger partial charge in [0.05, 0.1) is 6.10 Å². The van der Waals surface area contributed by atoms with Gasteiger partial charge in [0.25, 0.3) is 0 Å². The summed E-state index contributed by atoms with van der Waals surface area (Å²) in [5, 5.41) is 0. The largest absolute Gasteiger partial charge is 0.491 e. The van der Waals surface area contributed by atoms with Crippen molar-refractivity contribution in [3.8, 4) is 5.75 Å². The van der Waals surface area contributed by atoms with Crippen molar-refractivity contribution in [2.24, 2.45) is 0 Å². The van der Waals surface area contributed by atoms with Crippen LogP contribution >= 0.6 is 0 Å². The molecule has 2 unspecified atom stereocenters. The minimum absolute atomic E-state index is 0.170. The maximum Gasteiger partial charge on any atom is 0.162 e. The second-order valence-corrected chi connectivity index (χ2v) is 4.63. The minimum Gasteiger partial charge on any atom is -0.491 e. The Labute approximate surface area is 111 Å². The molecule has 1 aliphatic heterocycles. The van der Waals surface area contributed by atoms with Crippen LogP contribution in [-0.4, -0.2) is 25.6 Å². The van der Waals surface area contributed by atoms with Crippen LogP contribution in [0.15, 0.2) is 18.2 Å². The van der Waals surface area contributed by atoms with Gasteiger partial charge in [-0.25, -0.2) is 8.78 Å². The number of ether oxygens (including phenoxy) is 3. The summed E-state index contributed by atoms with van der Waals surface area (Å²) in [5.74, 6) is -1.51. The van der Waals surface area contributed by atoms with Crippen LogP contribution in [-0.2, 0) is 9.47 Å². The number of rotatable bonds is 5. The molecule has 106 valence electrons. The molecule has 1 saturated heterocycles. The van der Waals surface area contributed by atoms with Crippen molar-refractivity contribution in [1.82, 2.24) is 0 Å². The Bertz CT molecular complexity index is 406. The molecule has 1 aromatic rings. The lowest BCUT2D eigenvalue weighted by Gasteiger charge is -2.26. The third-order valence-corrected chi connectivity index (χ3v) is 2.90. The van der Waals surface area contributed by atoms with E-state index < -0.39 is 11.6 Å². The molecule has 0 radical (unpaired) electrons. The molecule has 0 amide bonds. The average molecular weight is 272 g/mol. The van der Waals surface area contributed by atoms with E-state index in [1.54, 1.807) is 0 Å². The second-order valence-electron chi connectivity index (χ2n) is 4.63. The molecule has 0 N–H and O–H groups in total. The zero-order chi connectivity index (χ0) is 13.7. The van der Waals surface area contributed by atoms with Crippen LogP contribution in [0.2, 0.25) is 0 Å². The Balaban J connectivity index is 1.75. The normalized spacial score (nSPS) is 21.1. The smallest absolute Gasteiger partial charge is 0.162 e. The van der Waals surface area contributed by atoms with E-state index in [0.717, 1.165) is 38.0 Å². The zero-order valence-corrected chi connectivity index (χ0v) is 10.9. The van der Waals surface area contributed by atoms with E-state index in [9.17, 15) is 8.78 Å². The van der Waals surface area contributed by atoms with E-state index in [1.165, 1.54) is 6.07 Å². The zero-order valence-electron chi connectivity index (χ0n) is 10.9. The maximum absolute atomic E-state index is 13.0. The molecule has 3 nitrogen and oxygen atoms in total. The van der Waals surface area contributed by atoms with Crippen LogP contribution in [0.4, 0.5) is 8.78 Å². The lowest BCUT2D eigenvalue weighted by atomic mass is 10.2. The van der Waals surface area contributed by atoms with Crippen molar-refractivity contribution in [2.45, 2.75) is 38.6 Å². The Morgan fingerprint density at radius 1 is 1.32 bits per heavy atom. The predicted molar refractivity (Wildman–Crippen MR) is 66.0 cm³/mol. The number of benzene rings is 1. The number of hydrogen-bond donors (Lipinski definition) is 0. The SMILES string of the molecule is CC(COc1ccc(F)c(F)c1)OC1CCCCO1. The van der Waals surface area contributed by atoms with E-state index in [0.29, 0.717) is 5.75 Å². The lowest BCUT2D eigenvalue weighted by molar-refractivity contribution is -0.189. The maximum atomic E-state index is 13.0. The van der Waals surface area contributed by atoms with Gasteiger partial charge in [0.15, 0.2) is 17.9 Å². The standard InChI is InChI=1S/C14H18F2O3/c1-10(19-14-4-2-3-7-17-14)9-18-11-5-6-12(15)13(16)8-11/h5-6,8,10,14H,2-4,7,9H2,1H3. The van der Waals surface area contributed by atoms with Gasteiger partial charge in [0.1, 0.15) is 12.4 Å². The third-order valence-electron chi connectivity index (χ3n) is 2.90. The summed E-state index contributed by atoms with van der Waals surface area (Å²) >= 11 is 0. The Kier molecular flexibility index (Phi) is 5.10. The van der Waals surface area contributed by atoms with Crippen LogP contribution in [0.25, 0.3) is 0 Å². The first-order valence-corrected chi connectivity index (χ1v) is 6.50. The van der Waals surface area contributed by atoms with Crippen molar-refractivity contribution in [2.75, 3.05) is 13.2 Å². The molecule has 1 fully saturated rings. The van der Waals surface area contributed by atoms with Gasteiger partial charge < -0.3 is 14.2 Å². The molecule has 0 saturated carbocycles. The van der Waals surface area contributed by atoms with Crippen molar-refractivity contribution in [3.63, 3.8) is 0 Å². The quantitative estimate of drug-likeness (QED) is 0.823. The predicted octanol–water partition coefficient (Wildman–Crippen LogP) is 3.28. The molecule has 1 aromatic carbocycles. The van der Waals surface area contributed by atoms with Crippen molar-refractivity contribution in [3.05, 3.63) is 29.8 Å². The summed E-state index contributed by atoms with van der Waals surface area (Å²) in [6.45, 7) is 2.85. The summed E-state index contributed by atoms with van der Waals surface area (Å²) in [5.41, 5.74) is 0. The molecule has 5 heteroatoms. The number of hydrogen-bond acceptors (Lipinski definition) is 3. The Hall–Kier alpha value is -1.20. The lowest BCUT2D eigenvalue weighted by Crippen LogP contribution is -2.29. The summed E-state index contributed by atoms with van der Waals surface area (Å²) in [6.07, 6.45) is 2.70. The average Bonchev–Trinajstić information content (AvgIpc) is 2.41. The highest BCUT2D eigenvalue weighted by molar-refractivity contribution is 5.23. The first-order chi connectivity index (χ1) is 9.15.